The van der Waals surface area contributed by atoms with E-state index in [4.69, 9.17) is 16.3 Å². The zero-order chi connectivity index (χ0) is 15.6. The molecule has 0 saturated carbocycles. The van der Waals surface area contributed by atoms with Crippen LogP contribution >= 0.6 is 11.6 Å². The first kappa shape index (κ1) is 15.0. The van der Waals surface area contributed by atoms with Crippen LogP contribution in [0.2, 0.25) is 5.02 Å². The van der Waals surface area contributed by atoms with E-state index in [-0.39, 0.29) is 11.4 Å². The summed E-state index contributed by atoms with van der Waals surface area (Å²) in [5.41, 5.74) is 1.40. The zero-order valence-corrected chi connectivity index (χ0v) is 12.2. The van der Waals surface area contributed by atoms with Gasteiger partial charge in [0.1, 0.15) is 5.75 Å². The van der Waals surface area contributed by atoms with Gasteiger partial charge in [-0.2, -0.15) is 0 Å². The number of halogens is 1. The summed E-state index contributed by atoms with van der Waals surface area (Å²) in [6, 6.07) is 7.83. The monoisotopic (exact) mass is 305 g/mol. The number of nitro groups is 1. The number of rotatable bonds is 4. The summed E-state index contributed by atoms with van der Waals surface area (Å²) >= 11 is 6.04. The number of para-hydroxylation sites is 1. The Morgan fingerprint density at radius 2 is 1.95 bits per heavy atom. The van der Waals surface area contributed by atoms with Gasteiger partial charge in [-0.15, -0.1) is 0 Å². The maximum atomic E-state index is 11.0. The first-order chi connectivity index (χ1) is 9.93. The molecule has 2 rings (SSSR count). The summed E-state index contributed by atoms with van der Waals surface area (Å²) in [5, 5.41) is 11.2. The van der Waals surface area contributed by atoms with Crippen LogP contribution in [0.15, 0.2) is 30.3 Å². The molecule has 2 aromatic rings. The average molecular weight is 306 g/mol. The van der Waals surface area contributed by atoms with Gasteiger partial charge in [0.2, 0.25) is 0 Å². The minimum absolute atomic E-state index is 0.0228. The van der Waals surface area contributed by atoms with Crippen LogP contribution in [0, 0.1) is 24.0 Å². The summed E-state index contributed by atoms with van der Waals surface area (Å²) in [6.45, 7) is 3.32. The number of nitro benzene ring substituents is 1. The zero-order valence-electron chi connectivity index (χ0n) is 11.4. The number of carbonyl (C=O) groups excluding carboxylic acids is 1. The Kier molecular flexibility index (Phi) is 4.23. The Hall–Kier alpha value is -2.40. The molecule has 0 aliphatic heterocycles. The lowest BCUT2D eigenvalue weighted by Gasteiger charge is -2.12. The highest BCUT2D eigenvalue weighted by molar-refractivity contribution is 6.32. The highest BCUT2D eigenvalue weighted by Gasteiger charge is 2.16. The molecule has 6 heteroatoms. The molecule has 0 atom stereocenters. The van der Waals surface area contributed by atoms with Gasteiger partial charge in [-0.1, -0.05) is 17.7 Å². The third-order valence-electron chi connectivity index (χ3n) is 3.03. The van der Waals surface area contributed by atoms with Crippen LogP contribution in [0.4, 0.5) is 5.69 Å². The summed E-state index contributed by atoms with van der Waals surface area (Å²) in [6.07, 6.45) is 0.648. The highest BCUT2D eigenvalue weighted by Crippen LogP contribution is 2.35. The summed E-state index contributed by atoms with van der Waals surface area (Å²) in [5.74, 6) is 0.666. The molecule has 0 N–H and O–H groups in total. The molecule has 0 radical (unpaired) electrons. The Morgan fingerprint density at radius 1 is 1.24 bits per heavy atom. The number of hydrogen-bond donors (Lipinski definition) is 0. The van der Waals surface area contributed by atoms with Gasteiger partial charge < -0.3 is 4.74 Å². The Bertz CT molecular complexity index is 728. The van der Waals surface area contributed by atoms with Crippen molar-refractivity contribution in [3.05, 3.63) is 62.2 Å². The van der Waals surface area contributed by atoms with Crippen molar-refractivity contribution in [1.82, 2.24) is 0 Å². The van der Waals surface area contributed by atoms with E-state index in [1.54, 1.807) is 38.1 Å². The van der Waals surface area contributed by atoms with Crippen LogP contribution in [0.5, 0.6) is 11.5 Å². The number of nitrogens with zero attached hydrogens (tertiary/aromatic N) is 1. The van der Waals surface area contributed by atoms with Crippen LogP contribution in [-0.4, -0.2) is 11.2 Å². The second-order valence-corrected chi connectivity index (χ2v) is 4.95. The molecule has 0 fully saturated rings. The van der Waals surface area contributed by atoms with Crippen molar-refractivity contribution in [3.63, 3.8) is 0 Å². The van der Waals surface area contributed by atoms with Gasteiger partial charge in [0, 0.05) is 11.6 Å². The van der Waals surface area contributed by atoms with E-state index in [1.807, 2.05) is 0 Å². The number of ether oxygens (including phenoxy) is 1. The standard InChI is InChI=1S/C15H12ClNO4/c1-9-7-14(10(2)6-13(9)17(19)20)21-15-11(8-18)4-3-5-12(15)16/h3-8H,1-2H3. The van der Waals surface area contributed by atoms with E-state index in [9.17, 15) is 14.9 Å². The molecule has 0 saturated heterocycles. The van der Waals surface area contributed by atoms with Crippen molar-refractivity contribution in [2.75, 3.05) is 0 Å². The van der Waals surface area contributed by atoms with Crippen LogP contribution < -0.4 is 4.74 Å². The van der Waals surface area contributed by atoms with E-state index >= 15 is 0 Å². The number of carbonyl (C=O) groups is 1. The van der Waals surface area contributed by atoms with E-state index in [1.165, 1.54) is 6.07 Å². The van der Waals surface area contributed by atoms with E-state index < -0.39 is 4.92 Å². The molecule has 0 bridgehead atoms. The van der Waals surface area contributed by atoms with E-state index in [0.29, 0.717) is 33.7 Å². The number of aldehydes is 1. The molecule has 0 aromatic heterocycles. The van der Waals surface area contributed by atoms with Crippen molar-refractivity contribution in [2.24, 2.45) is 0 Å². The SMILES string of the molecule is Cc1cc([N+](=O)[O-])c(C)cc1Oc1c(Cl)cccc1C=O. The fourth-order valence-electron chi connectivity index (χ4n) is 1.92. The molecular weight excluding hydrogens is 294 g/mol. The topological polar surface area (TPSA) is 69.4 Å². The molecule has 0 spiro atoms. The fourth-order valence-corrected chi connectivity index (χ4v) is 2.14. The Balaban J connectivity index is 2.48. The van der Waals surface area contributed by atoms with Crippen molar-refractivity contribution in [1.29, 1.82) is 0 Å². The first-order valence-electron chi connectivity index (χ1n) is 6.11. The second kappa shape index (κ2) is 5.93. The summed E-state index contributed by atoms with van der Waals surface area (Å²) in [7, 11) is 0. The van der Waals surface area contributed by atoms with Crippen molar-refractivity contribution >= 4 is 23.6 Å². The lowest BCUT2D eigenvalue weighted by molar-refractivity contribution is -0.385. The van der Waals surface area contributed by atoms with Gasteiger partial charge in [-0.3, -0.25) is 14.9 Å². The number of benzene rings is 2. The lowest BCUT2D eigenvalue weighted by atomic mass is 10.1. The van der Waals surface area contributed by atoms with Crippen molar-refractivity contribution in [3.8, 4) is 11.5 Å². The van der Waals surface area contributed by atoms with Gasteiger partial charge in [0.25, 0.3) is 5.69 Å². The molecule has 0 unspecified atom stereocenters. The lowest BCUT2D eigenvalue weighted by Crippen LogP contribution is -1.97. The van der Waals surface area contributed by atoms with Crippen molar-refractivity contribution in [2.45, 2.75) is 13.8 Å². The quantitative estimate of drug-likeness (QED) is 0.475. The Labute approximate surface area is 126 Å². The second-order valence-electron chi connectivity index (χ2n) is 4.54. The van der Waals surface area contributed by atoms with Gasteiger partial charge in [0.05, 0.1) is 15.5 Å². The first-order valence-corrected chi connectivity index (χ1v) is 6.49. The maximum absolute atomic E-state index is 11.0. The number of hydrogen-bond acceptors (Lipinski definition) is 4. The molecule has 2 aromatic carbocycles. The molecule has 0 aliphatic carbocycles. The minimum atomic E-state index is -0.446. The molecule has 0 amide bonds. The normalized spacial score (nSPS) is 10.2. The van der Waals surface area contributed by atoms with Crippen LogP contribution in [0.1, 0.15) is 21.5 Å². The maximum Gasteiger partial charge on any atom is 0.272 e. The number of aryl methyl sites for hydroxylation is 2. The smallest absolute Gasteiger partial charge is 0.272 e. The van der Waals surface area contributed by atoms with E-state index in [0.717, 1.165) is 0 Å². The van der Waals surface area contributed by atoms with Gasteiger partial charge in [-0.05, 0) is 37.6 Å². The van der Waals surface area contributed by atoms with E-state index in [2.05, 4.69) is 0 Å². The van der Waals surface area contributed by atoms with Gasteiger partial charge in [0.15, 0.2) is 12.0 Å². The predicted molar refractivity (Wildman–Crippen MR) is 79.5 cm³/mol. The molecular formula is C15H12ClNO4. The van der Waals surface area contributed by atoms with Crippen LogP contribution in [0.3, 0.4) is 0 Å². The third-order valence-corrected chi connectivity index (χ3v) is 3.32. The van der Waals surface area contributed by atoms with Crippen molar-refractivity contribution < 1.29 is 14.5 Å². The third kappa shape index (κ3) is 3.03. The van der Waals surface area contributed by atoms with Gasteiger partial charge >= 0.3 is 0 Å². The average Bonchev–Trinajstić information content (AvgIpc) is 2.44. The largest absolute Gasteiger partial charge is 0.455 e. The molecule has 21 heavy (non-hydrogen) atoms. The molecule has 5 nitrogen and oxygen atoms in total. The van der Waals surface area contributed by atoms with Crippen LogP contribution in [-0.2, 0) is 0 Å². The summed E-state index contributed by atoms with van der Waals surface area (Å²) < 4.78 is 5.69. The Morgan fingerprint density at radius 3 is 2.57 bits per heavy atom. The molecule has 0 heterocycles. The molecule has 108 valence electrons. The fraction of sp³-hybridized carbons (Fsp3) is 0.133. The predicted octanol–water partition coefficient (Wildman–Crippen LogP) is 4.47. The summed E-state index contributed by atoms with van der Waals surface area (Å²) in [4.78, 5) is 21.5. The molecule has 0 aliphatic rings. The highest BCUT2D eigenvalue weighted by atomic mass is 35.5. The van der Waals surface area contributed by atoms with Crippen LogP contribution in [0.25, 0.3) is 0 Å². The minimum Gasteiger partial charge on any atom is -0.455 e. The van der Waals surface area contributed by atoms with Gasteiger partial charge in [-0.25, -0.2) is 0 Å².